The predicted molar refractivity (Wildman–Crippen MR) is 126 cm³/mol. The number of hydrogen-bond acceptors (Lipinski definition) is 7. The number of benzene rings is 2. The fraction of sp³-hybridized carbons (Fsp3) is 0.174. The highest BCUT2D eigenvalue weighted by Crippen LogP contribution is 2.34. The molecule has 9 heteroatoms. The lowest BCUT2D eigenvalue weighted by Crippen LogP contribution is -2.21. The van der Waals surface area contributed by atoms with Gasteiger partial charge in [-0.05, 0) is 61.1 Å². The lowest BCUT2D eigenvalue weighted by molar-refractivity contribution is -0.384. The number of non-ortho nitro benzene ring substituents is 1. The van der Waals surface area contributed by atoms with E-state index in [9.17, 15) is 14.9 Å². The van der Waals surface area contributed by atoms with Gasteiger partial charge in [0.1, 0.15) is 4.83 Å². The molecule has 0 spiro atoms. The third kappa shape index (κ3) is 3.78. The van der Waals surface area contributed by atoms with E-state index in [0.717, 1.165) is 41.8 Å². The van der Waals surface area contributed by atoms with Gasteiger partial charge in [-0.15, -0.1) is 11.3 Å². The van der Waals surface area contributed by atoms with Crippen LogP contribution in [0.2, 0.25) is 0 Å². The molecular weight excluding hydrogens is 426 g/mol. The average molecular weight is 446 g/mol. The van der Waals surface area contributed by atoms with Crippen LogP contribution in [0.3, 0.4) is 0 Å². The number of rotatable bonds is 5. The summed E-state index contributed by atoms with van der Waals surface area (Å²) in [5.74, 6) is 0.324. The van der Waals surface area contributed by atoms with E-state index in [-0.39, 0.29) is 11.2 Å². The Morgan fingerprint density at radius 2 is 1.84 bits per heavy atom. The van der Waals surface area contributed by atoms with Crippen LogP contribution in [0.1, 0.15) is 28.8 Å². The molecular formula is C23H19N5O3S. The second-order valence-electron chi connectivity index (χ2n) is 7.53. The molecule has 5 rings (SSSR count). The molecule has 0 radical (unpaired) electrons. The second-order valence-corrected chi connectivity index (χ2v) is 8.61. The fourth-order valence-corrected chi connectivity index (χ4v) is 5.09. The first kappa shape index (κ1) is 20.1. The SMILES string of the molecule is O=c1c2c3c(sc2nc(Nc2ccccc2)n1/N=C/c1ccc([N+](=O)[O-])cc1)CCCC3. The Kier molecular flexibility index (Phi) is 5.24. The van der Waals surface area contributed by atoms with E-state index in [1.165, 1.54) is 27.9 Å². The normalized spacial score (nSPS) is 13.4. The molecule has 2 aromatic carbocycles. The van der Waals surface area contributed by atoms with Gasteiger partial charge in [-0.2, -0.15) is 9.78 Å². The van der Waals surface area contributed by atoms with Gasteiger partial charge in [-0.3, -0.25) is 14.9 Å². The number of nitrogens with one attached hydrogen (secondary N) is 1. The molecule has 0 atom stereocenters. The number of thiophene rings is 1. The summed E-state index contributed by atoms with van der Waals surface area (Å²) in [5, 5.41) is 19.1. The molecule has 1 aliphatic carbocycles. The molecule has 0 amide bonds. The van der Waals surface area contributed by atoms with Crippen LogP contribution in [-0.2, 0) is 12.8 Å². The van der Waals surface area contributed by atoms with Crippen LogP contribution in [0.15, 0.2) is 64.5 Å². The summed E-state index contributed by atoms with van der Waals surface area (Å²) >= 11 is 1.59. The number of nitro groups is 1. The summed E-state index contributed by atoms with van der Waals surface area (Å²) in [6.45, 7) is 0. The molecule has 0 unspecified atom stereocenters. The lowest BCUT2D eigenvalue weighted by Gasteiger charge is -2.12. The van der Waals surface area contributed by atoms with Crippen LogP contribution in [-0.4, -0.2) is 20.8 Å². The largest absolute Gasteiger partial charge is 0.324 e. The highest BCUT2D eigenvalue weighted by Gasteiger charge is 2.22. The van der Waals surface area contributed by atoms with Crippen molar-refractivity contribution in [3.05, 3.63) is 91.1 Å². The Hall–Kier alpha value is -3.85. The van der Waals surface area contributed by atoms with Crippen molar-refractivity contribution in [2.24, 2.45) is 5.10 Å². The van der Waals surface area contributed by atoms with E-state index in [2.05, 4.69) is 10.4 Å². The zero-order chi connectivity index (χ0) is 22.1. The highest BCUT2D eigenvalue weighted by atomic mass is 32.1. The number of para-hydroxylation sites is 1. The molecule has 0 saturated carbocycles. The first-order valence-corrected chi connectivity index (χ1v) is 11.1. The third-order valence-corrected chi connectivity index (χ3v) is 6.61. The minimum atomic E-state index is -0.454. The van der Waals surface area contributed by atoms with E-state index in [0.29, 0.717) is 16.9 Å². The summed E-state index contributed by atoms with van der Waals surface area (Å²) in [4.78, 5) is 30.7. The van der Waals surface area contributed by atoms with Gasteiger partial charge in [0.2, 0.25) is 5.95 Å². The van der Waals surface area contributed by atoms with E-state index in [4.69, 9.17) is 4.98 Å². The quantitative estimate of drug-likeness (QED) is 0.268. The number of nitrogens with zero attached hydrogens (tertiary/aromatic N) is 4. The standard InChI is InChI=1S/C23H19N5O3S/c29-22-20-18-8-4-5-9-19(18)32-21(20)26-23(25-16-6-2-1-3-7-16)27(22)24-14-15-10-12-17(13-11-15)28(30)31/h1-3,6-7,10-14H,4-5,8-9H2,(H,25,26)/b24-14+. The van der Waals surface area contributed by atoms with Crippen molar-refractivity contribution in [1.82, 2.24) is 9.66 Å². The van der Waals surface area contributed by atoms with Gasteiger partial charge in [-0.1, -0.05) is 18.2 Å². The summed E-state index contributed by atoms with van der Waals surface area (Å²) in [6.07, 6.45) is 5.55. The lowest BCUT2D eigenvalue weighted by atomic mass is 9.97. The van der Waals surface area contributed by atoms with Gasteiger partial charge in [0.15, 0.2) is 0 Å². The minimum absolute atomic E-state index is 0.00117. The number of aryl methyl sites for hydroxylation is 2. The molecule has 0 fully saturated rings. The van der Waals surface area contributed by atoms with Crippen LogP contribution in [0, 0.1) is 10.1 Å². The molecule has 0 saturated heterocycles. The van der Waals surface area contributed by atoms with Crippen LogP contribution in [0.5, 0.6) is 0 Å². The van der Waals surface area contributed by atoms with Gasteiger partial charge in [0.25, 0.3) is 11.2 Å². The van der Waals surface area contributed by atoms with Crippen LogP contribution < -0.4 is 10.9 Å². The van der Waals surface area contributed by atoms with Gasteiger partial charge in [0, 0.05) is 22.7 Å². The number of aromatic nitrogens is 2. The Bertz CT molecular complexity index is 1390. The van der Waals surface area contributed by atoms with Gasteiger partial charge >= 0.3 is 0 Å². The molecule has 160 valence electrons. The molecule has 1 aliphatic rings. The van der Waals surface area contributed by atoms with Gasteiger partial charge in [0.05, 0.1) is 16.5 Å². The predicted octanol–water partition coefficient (Wildman–Crippen LogP) is 4.87. The minimum Gasteiger partial charge on any atom is -0.324 e. The summed E-state index contributed by atoms with van der Waals surface area (Å²) < 4.78 is 1.28. The van der Waals surface area contributed by atoms with Crippen molar-refractivity contribution in [1.29, 1.82) is 0 Å². The van der Waals surface area contributed by atoms with Gasteiger partial charge in [-0.25, -0.2) is 4.98 Å². The van der Waals surface area contributed by atoms with Crippen LogP contribution in [0.4, 0.5) is 17.3 Å². The van der Waals surface area contributed by atoms with E-state index in [1.807, 2.05) is 30.3 Å². The van der Waals surface area contributed by atoms with Gasteiger partial charge < -0.3 is 5.32 Å². The zero-order valence-electron chi connectivity index (χ0n) is 17.0. The number of fused-ring (bicyclic) bond motifs is 3. The molecule has 4 aromatic rings. The number of anilines is 2. The van der Waals surface area contributed by atoms with Crippen molar-refractivity contribution in [2.75, 3.05) is 5.32 Å². The Morgan fingerprint density at radius 3 is 2.59 bits per heavy atom. The van der Waals surface area contributed by atoms with Crippen molar-refractivity contribution < 1.29 is 4.92 Å². The van der Waals surface area contributed by atoms with Crippen LogP contribution in [0.25, 0.3) is 10.2 Å². The molecule has 1 N–H and O–H groups in total. The maximum Gasteiger partial charge on any atom is 0.284 e. The van der Waals surface area contributed by atoms with Crippen molar-refractivity contribution >= 4 is 45.1 Å². The smallest absolute Gasteiger partial charge is 0.284 e. The average Bonchev–Trinajstić information content (AvgIpc) is 3.18. The second kappa shape index (κ2) is 8.35. The molecule has 2 aromatic heterocycles. The van der Waals surface area contributed by atoms with E-state index in [1.54, 1.807) is 23.5 Å². The Morgan fingerprint density at radius 1 is 1.09 bits per heavy atom. The monoisotopic (exact) mass is 445 g/mol. The van der Waals surface area contributed by atoms with E-state index >= 15 is 0 Å². The van der Waals surface area contributed by atoms with Crippen LogP contribution >= 0.6 is 11.3 Å². The summed E-state index contributed by atoms with van der Waals surface area (Å²) in [6, 6.07) is 15.5. The molecule has 32 heavy (non-hydrogen) atoms. The first-order chi connectivity index (χ1) is 15.6. The molecule has 8 nitrogen and oxygen atoms in total. The van der Waals surface area contributed by atoms with E-state index < -0.39 is 4.92 Å². The molecule has 2 heterocycles. The maximum atomic E-state index is 13.5. The van der Waals surface area contributed by atoms with Crippen molar-refractivity contribution in [3.63, 3.8) is 0 Å². The Labute approximate surface area is 187 Å². The fourth-order valence-electron chi connectivity index (χ4n) is 3.84. The maximum absolute atomic E-state index is 13.5. The number of hydrogen-bond donors (Lipinski definition) is 1. The molecule has 0 aliphatic heterocycles. The summed E-state index contributed by atoms with van der Waals surface area (Å²) in [7, 11) is 0. The third-order valence-electron chi connectivity index (χ3n) is 5.42. The number of nitro benzene ring substituents is 1. The van der Waals surface area contributed by atoms with Crippen molar-refractivity contribution in [2.45, 2.75) is 25.7 Å². The highest BCUT2D eigenvalue weighted by molar-refractivity contribution is 7.18. The van der Waals surface area contributed by atoms with Crippen molar-refractivity contribution in [3.8, 4) is 0 Å². The topological polar surface area (TPSA) is 102 Å². The molecule has 0 bridgehead atoms. The first-order valence-electron chi connectivity index (χ1n) is 10.3. The Balaban J connectivity index is 1.62. The summed E-state index contributed by atoms with van der Waals surface area (Å²) in [5.41, 5.74) is 2.31. The zero-order valence-corrected chi connectivity index (χ0v) is 17.8.